The Kier molecular flexibility index (Phi) is 5.71. The first-order chi connectivity index (χ1) is 11.3. The Morgan fingerprint density at radius 2 is 1.88 bits per heavy atom. The second kappa shape index (κ2) is 7.57. The zero-order valence-electron chi connectivity index (χ0n) is 14.0. The van der Waals surface area contributed by atoms with Crippen molar-refractivity contribution in [2.75, 3.05) is 5.75 Å². The summed E-state index contributed by atoms with van der Waals surface area (Å²) in [4.78, 5) is 12.3. The van der Waals surface area contributed by atoms with E-state index in [1.165, 1.54) is 12.1 Å². The third kappa shape index (κ3) is 4.41. The quantitative estimate of drug-likeness (QED) is 0.823. The summed E-state index contributed by atoms with van der Waals surface area (Å²) in [5.41, 5.74) is 0. The highest BCUT2D eigenvalue weighted by molar-refractivity contribution is 7.91. The summed E-state index contributed by atoms with van der Waals surface area (Å²) < 4.78 is 26.2. The molecule has 1 aromatic heterocycles. The van der Waals surface area contributed by atoms with Gasteiger partial charge in [-0.05, 0) is 32.9 Å². The van der Waals surface area contributed by atoms with Crippen LogP contribution in [0.1, 0.15) is 45.1 Å². The molecule has 2 aromatic rings. The predicted molar refractivity (Wildman–Crippen MR) is 90.1 cm³/mol. The van der Waals surface area contributed by atoms with Crippen LogP contribution < -0.4 is 5.32 Å². The number of nitrogens with zero attached hydrogens (tertiary/aromatic N) is 3. The Morgan fingerprint density at radius 3 is 2.50 bits per heavy atom. The van der Waals surface area contributed by atoms with Crippen LogP contribution in [0.5, 0.6) is 0 Å². The summed E-state index contributed by atoms with van der Waals surface area (Å²) in [7, 11) is -3.46. The van der Waals surface area contributed by atoms with E-state index in [1.807, 2.05) is 18.4 Å². The monoisotopic (exact) mass is 350 g/mol. The lowest BCUT2D eigenvalue weighted by Gasteiger charge is -2.16. The van der Waals surface area contributed by atoms with E-state index in [2.05, 4.69) is 15.5 Å². The molecular weight excluding hydrogens is 328 g/mol. The molecule has 1 amide bonds. The van der Waals surface area contributed by atoms with Crippen molar-refractivity contribution in [3.8, 4) is 0 Å². The Labute approximate surface area is 142 Å². The summed E-state index contributed by atoms with van der Waals surface area (Å²) in [6, 6.07) is 7.96. The first kappa shape index (κ1) is 18.1. The van der Waals surface area contributed by atoms with E-state index < -0.39 is 9.84 Å². The maximum absolute atomic E-state index is 12.2. The van der Waals surface area contributed by atoms with Crippen LogP contribution in [-0.2, 0) is 14.6 Å². The summed E-state index contributed by atoms with van der Waals surface area (Å²) >= 11 is 0. The number of nitrogens with one attached hydrogen (secondary N) is 1. The lowest BCUT2D eigenvalue weighted by atomic mass is 10.2. The summed E-state index contributed by atoms with van der Waals surface area (Å²) in [6.45, 7) is 5.79. The maximum atomic E-state index is 12.2. The third-order valence-corrected chi connectivity index (χ3v) is 5.35. The van der Waals surface area contributed by atoms with Gasteiger partial charge in [0.15, 0.2) is 15.7 Å². The highest BCUT2D eigenvalue weighted by atomic mass is 32.2. The van der Waals surface area contributed by atoms with Gasteiger partial charge >= 0.3 is 0 Å². The standard InChI is InChI=1S/C16H22N4O3S/c1-12(2)20-11-17-19-16(20)13(3)18-15(21)9-10-24(22,23)14-7-5-4-6-8-14/h4-8,11-13H,9-10H2,1-3H3,(H,18,21). The summed E-state index contributed by atoms with van der Waals surface area (Å²) in [5, 5.41) is 10.7. The Balaban J connectivity index is 1.95. The molecule has 1 atom stereocenters. The summed E-state index contributed by atoms with van der Waals surface area (Å²) in [5.74, 6) is 0.0801. The van der Waals surface area contributed by atoms with Crippen molar-refractivity contribution < 1.29 is 13.2 Å². The molecule has 1 N–H and O–H groups in total. The fourth-order valence-corrected chi connectivity index (χ4v) is 3.57. The molecule has 8 heteroatoms. The number of rotatable bonds is 7. The predicted octanol–water partition coefficient (Wildman–Crippen LogP) is 1.90. The Morgan fingerprint density at radius 1 is 1.21 bits per heavy atom. The fraction of sp³-hybridized carbons (Fsp3) is 0.438. The zero-order valence-corrected chi connectivity index (χ0v) is 14.8. The van der Waals surface area contributed by atoms with Gasteiger partial charge in [-0.3, -0.25) is 4.79 Å². The number of sulfone groups is 1. The third-order valence-electron chi connectivity index (χ3n) is 3.62. The number of hydrogen-bond donors (Lipinski definition) is 1. The minimum atomic E-state index is -3.46. The molecule has 0 saturated carbocycles. The first-order valence-corrected chi connectivity index (χ1v) is 9.43. The zero-order chi connectivity index (χ0) is 17.7. The van der Waals surface area contributed by atoms with Crippen LogP contribution in [0.2, 0.25) is 0 Å². The van der Waals surface area contributed by atoms with Crippen molar-refractivity contribution in [3.05, 3.63) is 42.5 Å². The highest BCUT2D eigenvalue weighted by Crippen LogP contribution is 2.15. The molecule has 0 aliphatic heterocycles. The minimum Gasteiger partial charge on any atom is -0.346 e. The lowest BCUT2D eigenvalue weighted by Crippen LogP contribution is -2.30. The van der Waals surface area contributed by atoms with Crippen LogP contribution in [0.4, 0.5) is 0 Å². The molecule has 0 aliphatic carbocycles. The second-order valence-corrected chi connectivity index (χ2v) is 7.97. The average Bonchev–Trinajstić information content (AvgIpc) is 3.04. The van der Waals surface area contributed by atoms with Gasteiger partial charge < -0.3 is 9.88 Å². The Hall–Kier alpha value is -2.22. The van der Waals surface area contributed by atoms with E-state index >= 15 is 0 Å². The van der Waals surface area contributed by atoms with Crippen molar-refractivity contribution in [3.63, 3.8) is 0 Å². The van der Waals surface area contributed by atoms with E-state index in [-0.39, 0.29) is 35.1 Å². The van der Waals surface area contributed by atoms with Crippen LogP contribution in [0, 0.1) is 0 Å². The van der Waals surface area contributed by atoms with Crippen LogP contribution in [0.3, 0.4) is 0 Å². The summed E-state index contributed by atoms with van der Waals surface area (Å²) in [6.07, 6.45) is 1.51. The molecule has 24 heavy (non-hydrogen) atoms. The molecule has 0 aliphatic rings. The Bertz CT molecular complexity index is 785. The van der Waals surface area contributed by atoms with E-state index in [4.69, 9.17) is 0 Å². The van der Waals surface area contributed by atoms with E-state index in [0.29, 0.717) is 5.82 Å². The highest BCUT2D eigenvalue weighted by Gasteiger charge is 2.20. The van der Waals surface area contributed by atoms with Crippen molar-refractivity contribution >= 4 is 15.7 Å². The molecule has 1 unspecified atom stereocenters. The van der Waals surface area contributed by atoms with E-state index in [9.17, 15) is 13.2 Å². The molecule has 0 radical (unpaired) electrons. The van der Waals surface area contributed by atoms with Crippen LogP contribution in [0.25, 0.3) is 0 Å². The van der Waals surface area contributed by atoms with Crippen LogP contribution >= 0.6 is 0 Å². The lowest BCUT2D eigenvalue weighted by molar-refractivity contribution is -0.121. The average molecular weight is 350 g/mol. The number of carbonyl (C=O) groups excluding carboxylic acids is 1. The normalized spacial score (nSPS) is 13.0. The van der Waals surface area contributed by atoms with Gasteiger partial charge in [-0.1, -0.05) is 18.2 Å². The van der Waals surface area contributed by atoms with Crippen LogP contribution in [-0.4, -0.2) is 34.8 Å². The van der Waals surface area contributed by atoms with Gasteiger partial charge in [0, 0.05) is 12.5 Å². The van der Waals surface area contributed by atoms with Crippen molar-refractivity contribution in [1.82, 2.24) is 20.1 Å². The molecule has 1 heterocycles. The molecule has 2 rings (SSSR count). The van der Waals surface area contributed by atoms with E-state index in [1.54, 1.807) is 31.5 Å². The maximum Gasteiger partial charge on any atom is 0.221 e. The molecule has 0 saturated heterocycles. The first-order valence-electron chi connectivity index (χ1n) is 7.78. The van der Waals surface area contributed by atoms with Gasteiger partial charge in [-0.25, -0.2) is 8.42 Å². The minimum absolute atomic E-state index is 0.0998. The van der Waals surface area contributed by atoms with Gasteiger partial charge in [-0.15, -0.1) is 10.2 Å². The molecule has 0 bridgehead atoms. The van der Waals surface area contributed by atoms with Crippen LogP contribution in [0.15, 0.2) is 41.6 Å². The number of carbonyl (C=O) groups is 1. The van der Waals surface area contributed by atoms with Gasteiger partial charge in [-0.2, -0.15) is 0 Å². The largest absolute Gasteiger partial charge is 0.346 e. The van der Waals surface area contributed by atoms with Crippen molar-refractivity contribution in [2.45, 2.75) is 44.2 Å². The van der Waals surface area contributed by atoms with Gasteiger partial charge in [0.1, 0.15) is 6.33 Å². The smallest absolute Gasteiger partial charge is 0.221 e. The number of benzene rings is 1. The van der Waals surface area contributed by atoms with Crippen molar-refractivity contribution in [2.24, 2.45) is 0 Å². The molecule has 0 fully saturated rings. The molecular formula is C16H22N4O3S. The van der Waals surface area contributed by atoms with Gasteiger partial charge in [0.2, 0.25) is 5.91 Å². The molecule has 130 valence electrons. The van der Waals surface area contributed by atoms with Crippen molar-refractivity contribution in [1.29, 1.82) is 0 Å². The van der Waals surface area contributed by atoms with Gasteiger partial charge in [0.25, 0.3) is 0 Å². The second-order valence-electron chi connectivity index (χ2n) is 5.86. The molecule has 1 aromatic carbocycles. The number of hydrogen-bond acceptors (Lipinski definition) is 5. The number of aromatic nitrogens is 3. The molecule has 7 nitrogen and oxygen atoms in total. The van der Waals surface area contributed by atoms with Gasteiger partial charge in [0.05, 0.1) is 16.7 Å². The SMILES string of the molecule is CC(NC(=O)CCS(=O)(=O)c1ccccc1)c1nncn1C(C)C. The van der Waals surface area contributed by atoms with E-state index in [0.717, 1.165) is 0 Å². The fourth-order valence-electron chi connectivity index (χ4n) is 2.31. The topological polar surface area (TPSA) is 93.9 Å². The molecule has 0 spiro atoms. The number of amides is 1.